The second-order valence-corrected chi connectivity index (χ2v) is 8.52. The normalized spacial score (nSPS) is 14.7. The molecule has 8 heteroatoms. The lowest BCUT2D eigenvalue weighted by Crippen LogP contribution is -2.35. The van der Waals surface area contributed by atoms with Gasteiger partial charge in [0.1, 0.15) is 0 Å². The van der Waals surface area contributed by atoms with Gasteiger partial charge in [-0.3, -0.25) is 4.79 Å². The van der Waals surface area contributed by atoms with E-state index in [2.05, 4.69) is 6.58 Å². The van der Waals surface area contributed by atoms with Crippen LogP contribution in [0.5, 0.6) is 0 Å². The van der Waals surface area contributed by atoms with Gasteiger partial charge in [0.2, 0.25) is 10.0 Å². The minimum absolute atomic E-state index is 0.0580. The molecule has 0 unspecified atom stereocenters. The van der Waals surface area contributed by atoms with Gasteiger partial charge in [0.15, 0.2) is 6.61 Å². The van der Waals surface area contributed by atoms with Crippen molar-refractivity contribution in [1.29, 1.82) is 0 Å². The van der Waals surface area contributed by atoms with Gasteiger partial charge in [0.25, 0.3) is 5.91 Å². The Bertz CT molecular complexity index is 813. The van der Waals surface area contributed by atoms with Crippen LogP contribution >= 0.6 is 0 Å². The Labute approximate surface area is 160 Å². The van der Waals surface area contributed by atoms with Crippen LogP contribution in [-0.4, -0.2) is 62.3 Å². The SMILES string of the molecule is C=C(C)CN(CC)C(=O)COC(=O)c1cccc(S(=O)(=O)N2CCCC2)c1. The molecule has 1 heterocycles. The lowest BCUT2D eigenvalue weighted by atomic mass is 10.2. The summed E-state index contributed by atoms with van der Waals surface area (Å²) >= 11 is 0. The van der Waals surface area contributed by atoms with Crippen LogP contribution in [0.15, 0.2) is 41.3 Å². The summed E-state index contributed by atoms with van der Waals surface area (Å²) in [5.41, 5.74) is 0.933. The second kappa shape index (κ2) is 9.14. The zero-order valence-electron chi connectivity index (χ0n) is 15.8. The van der Waals surface area contributed by atoms with Crippen LogP contribution in [0.3, 0.4) is 0 Å². The molecule has 7 nitrogen and oxygen atoms in total. The number of sulfonamides is 1. The predicted molar refractivity (Wildman–Crippen MR) is 102 cm³/mol. The number of hydrogen-bond acceptors (Lipinski definition) is 5. The highest BCUT2D eigenvalue weighted by molar-refractivity contribution is 7.89. The minimum atomic E-state index is -3.62. The van der Waals surface area contributed by atoms with Crippen LogP contribution in [0.25, 0.3) is 0 Å². The summed E-state index contributed by atoms with van der Waals surface area (Å²) in [6, 6.07) is 5.73. The topological polar surface area (TPSA) is 84.0 Å². The molecular formula is C19H26N2O5S. The molecule has 1 fully saturated rings. The quantitative estimate of drug-likeness (QED) is 0.498. The number of amides is 1. The molecule has 0 aliphatic carbocycles. The number of nitrogens with zero attached hydrogens (tertiary/aromatic N) is 2. The van der Waals surface area contributed by atoms with Gasteiger partial charge in [-0.15, -0.1) is 0 Å². The highest BCUT2D eigenvalue weighted by Gasteiger charge is 2.27. The summed E-state index contributed by atoms with van der Waals surface area (Å²) in [6.45, 7) is 8.87. The molecule has 1 aromatic carbocycles. The van der Waals surface area contributed by atoms with Crippen molar-refractivity contribution in [3.8, 4) is 0 Å². The number of benzene rings is 1. The van der Waals surface area contributed by atoms with Crippen molar-refractivity contribution in [3.63, 3.8) is 0 Å². The van der Waals surface area contributed by atoms with Gasteiger partial charge < -0.3 is 9.64 Å². The van der Waals surface area contributed by atoms with Crippen molar-refractivity contribution in [3.05, 3.63) is 42.0 Å². The molecule has 148 valence electrons. The van der Waals surface area contributed by atoms with Crippen LogP contribution < -0.4 is 0 Å². The van der Waals surface area contributed by atoms with Crippen LogP contribution in [-0.2, 0) is 19.6 Å². The van der Waals surface area contributed by atoms with Crippen LogP contribution in [0.2, 0.25) is 0 Å². The van der Waals surface area contributed by atoms with Gasteiger partial charge in [-0.2, -0.15) is 4.31 Å². The number of carbonyl (C=O) groups excluding carboxylic acids is 2. The molecule has 0 radical (unpaired) electrons. The summed E-state index contributed by atoms with van der Waals surface area (Å²) in [4.78, 5) is 26.0. The average Bonchev–Trinajstić information content (AvgIpc) is 3.19. The van der Waals surface area contributed by atoms with Crippen LogP contribution in [0, 0.1) is 0 Å². The van der Waals surface area contributed by atoms with E-state index in [4.69, 9.17) is 4.74 Å². The summed E-state index contributed by atoms with van der Waals surface area (Å²) in [6.07, 6.45) is 1.67. The first kappa shape index (κ1) is 21.1. The number of ether oxygens (including phenoxy) is 1. The third-order valence-electron chi connectivity index (χ3n) is 4.29. The Morgan fingerprint density at radius 3 is 2.52 bits per heavy atom. The van der Waals surface area contributed by atoms with E-state index in [9.17, 15) is 18.0 Å². The highest BCUT2D eigenvalue weighted by atomic mass is 32.2. The summed E-state index contributed by atoms with van der Waals surface area (Å²) < 4.78 is 31.7. The molecule has 1 aliphatic rings. The molecule has 1 saturated heterocycles. The van der Waals surface area contributed by atoms with Crippen molar-refractivity contribution in [2.75, 3.05) is 32.8 Å². The van der Waals surface area contributed by atoms with Crippen molar-refractivity contribution in [2.24, 2.45) is 0 Å². The first-order chi connectivity index (χ1) is 12.8. The Morgan fingerprint density at radius 2 is 1.93 bits per heavy atom. The van der Waals surface area contributed by atoms with Crippen molar-refractivity contribution >= 4 is 21.9 Å². The van der Waals surface area contributed by atoms with E-state index in [0.29, 0.717) is 26.2 Å². The first-order valence-electron chi connectivity index (χ1n) is 8.95. The number of hydrogen-bond donors (Lipinski definition) is 0. The van der Waals surface area contributed by atoms with Crippen LogP contribution in [0.1, 0.15) is 37.0 Å². The molecule has 1 aliphatic heterocycles. The molecule has 0 saturated carbocycles. The lowest BCUT2D eigenvalue weighted by Gasteiger charge is -2.20. The van der Waals surface area contributed by atoms with E-state index in [1.165, 1.54) is 33.5 Å². The minimum Gasteiger partial charge on any atom is -0.452 e. The first-order valence-corrected chi connectivity index (χ1v) is 10.4. The number of likely N-dealkylation sites (N-methyl/N-ethyl adjacent to an activating group) is 1. The summed E-state index contributed by atoms with van der Waals surface area (Å²) in [7, 11) is -3.62. The van der Waals surface area contributed by atoms with E-state index in [1.807, 2.05) is 13.8 Å². The smallest absolute Gasteiger partial charge is 0.338 e. The highest BCUT2D eigenvalue weighted by Crippen LogP contribution is 2.21. The molecule has 0 aromatic heterocycles. The fraction of sp³-hybridized carbons (Fsp3) is 0.474. The molecule has 0 bridgehead atoms. The van der Waals surface area contributed by atoms with E-state index in [-0.39, 0.29) is 16.4 Å². The Hall–Kier alpha value is -2.19. The molecule has 0 N–H and O–H groups in total. The lowest BCUT2D eigenvalue weighted by molar-refractivity contribution is -0.133. The third kappa shape index (κ3) is 5.40. The molecule has 1 aromatic rings. The van der Waals surface area contributed by atoms with Gasteiger partial charge >= 0.3 is 5.97 Å². The number of carbonyl (C=O) groups is 2. The van der Waals surface area contributed by atoms with Crippen LogP contribution in [0.4, 0.5) is 0 Å². The summed E-state index contributed by atoms with van der Waals surface area (Å²) in [5, 5.41) is 0. The molecular weight excluding hydrogens is 368 g/mol. The van der Waals surface area contributed by atoms with Gasteiger partial charge in [0, 0.05) is 26.2 Å². The maximum atomic E-state index is 12.6. The monoisotopic (exact) mass is 394 g/mol. The maximum Gasteiger partial charge on any atom is 0.338 e. The zero-order valence-corrected chi connectivity index (χ0v) is 16.6. The fourth-order valence-corrected chi connectivity index (χ4v) is 4.43. The fourth-order valence-electron chi connectivity index (χ4n) is 2.87. The Morgan fingerprint density at radius 1 is 1.26 bits per heavy atom. The number of rotatable bonds is 8. The van der Waals surface area contributed by atoms with E-state index >= 15 is 0 Å². The van der Waals surface area contributed by atoms with Crippen molar-refractivity contribution in [1.82, 2.24) is 9.21 Å². The molecule has 0 atom stereocenters. The maximum absolute atomic E-state index is 12.6. The van der Waals surface area contributed by atoms with Gasteiger partial charge in [-0.1, -0.05) is 18.2 Å². The van der Waals surface area contributed by atoms with Crippen molar-refractivity contribution in [2.45, 2.75) is 31.6 Å². The van der Waals surface area contributed by atoms with Crippen molar-refractivity contribution < 1.29 is 22.7 Å². The zero-order chi connectivity index (χ0) is 20.0. The predicted octanol–water partition coefficient (Wildman–Crippen LogP) is 2.05. The largest absolute Gasteiger partial charge is 0.452 e. The number of esters is 1. The average molecular weight is 394 g/mol. The van der Waals surface area contributed by atoms with E-state index in [1.54, 1.807) is 0 Å². The molecule has 0 spiro atoms. The summed E-state index contributed by atoms with van der Waals surface area (Å²) in [5.74, 6) is -1.05. The molecule has 27 heavy (non-hydrogen) atoms. The second-order valence-electron chi connectivity index (χ2n) is 6.58. The van der Waals surface area contributed by atoms with Gasteiger partial charge in [-0.25, -0.2) is 13.2 Å². The standard InChI is InChI=1S/C19H26N2O5S/c1-4-20(13-15(2)3)18(22)14-26-19(23)16-8-7-9-17(12-16)27(24,25)21-10-5-6-11-21/h7-9,12H,2,4-6,10-11,13-14H2,1,3H3. The van der Waals surface area contributed by atoms with Gasteiger partial charge in [0.05, 0.1) is 10.5 Å². The third-order valence-corrected chi connectivity index (χ3v) is 6.19. The molecule has 2 rings (SSSR count). The van der Waals surface area contributed by atoms with E-state index < -0.39 is 22.6 Å². The van der Waals surface area contributed by atoms with E-state index in [0.717, 1.165) is 18.4 Å². The Balaban J connectivity index is 2.05. The Kier molecular flexibility index (Phi) is 7.15. The molecule has 1 amide bonds. The van der Waals surface area contributed by atoms with Gasteiger partial charge in [-0.05, 0) is 44.9 Å².